The normalized spacial score (nSPS) is 30.6. The molecule has 5 aliphatic rings. The molecule has 1 saturated carbocycles. The number of aryl methyl sites for hydroxylation is 1. The molecule has 0 radical (unpaired) electrons. The number of hydrogen-bond acceptors (Lipinski definition) is 10. The van der Waals surface area contributed by atoms with E-state index >= 15 is 4.39 Å². The molecule has 6 atom stereocenters. The first-order chi connectivity index (χ1) is 22.4. The zero-order valence-corrected chi connectivity index (χ0v) is 25.2. The van der Waals surface area contributed by atoms with Crippen LogP contribution in [0.3, 0.4) is 0 Å². The SMILES string of the molecule is Cc1nc(N)cc(-c2nc3c4c(nc(OC[C@@H]5N(C)C[C@]56CC6(F)F)nc4c2F)N2C[C@H]4CC[C@H](N4)[C@H]2[C@H](C(F)(F)F)O3)c1C(F)(F)F. The van der Waals surface area contributed by atoms with Crippen molar-refractivity contribution in [1.29, 1.82) is 0 Å². The van der Waals surface area contributed by atoms with Gasteiger partial charge in [-0.25, -0.2) is 23.1 Å². The molecule has 2 bridgehead atoms. The molecule has 0 aromatic carbocycles. The summed E-state index contributed by atoms with van der Waals surface area (Å²) in [7, 11) is 1.61. The van der Waals surface area contributed by atoms with Gasteiger partial charge in [0.15, 0.2) is 5.82 Å². The van der Waals surface area contributed by atoms with Gasteiger partial charge in [-0.1, -0.05) is 0 Å². The maximum atomic E-state index is 16.7. The smallest absolute Gasteiger partial charge is 0.427 e. The fraction of sp³-hybridized carbons (Fsp3) is 0.586. The van der Waals surface area contributed by atoms with Crippen molar-refractivity contribution in [2.75, 3.05) is 37.4 Å². The summed E-state index contributed by atoms with van der Waals surface area (Å²) in [6, 6.07) is -3.06. The molecule has 1 aliphatic carbocycles. The second kappa shape index (κ2) is 9.86. The van der Waals surface area contributed by atoms with Crippen molar-refractivity contribution in [1.82, 2.24) is 30.2 Å². The molecular formula is C29H27F9N8O2. The third-order valence-corrected chi connectivity index (χ3v) is 10.3. The maximum absolute atomic E-state index is 16.7. The number of nitrogen functional groups attached to an aromatic ring is 1. The molecule has 3 aromatic heterocycles. The van der Waals surface area contributed by atoms with E-state index in [0.717, 1.165) is 6.92 Å². The molecular weight excluding hydrogens is 663 g/mol. The Morgan fingerprint density at radius 3 is 2.48 bits per heavy atom. The van der Waals surface area contributed by atoms with E-state index in [1.165, 1.54) is 4.90 Å². The highest BCUT2D eigenvalue weighted by atomic mass is 19.4. The van der Waals surface area contributed by atoms with Gasteiger partial charge in [-0.3, -0.25) is 4.90 Å². The van der Waals surface area contributed by atoms with Crippen LogP contribution in [0, 0.1) is 18.2 Å². The van der Waals surface area contributed by atoms with Gasteiger partial charge in [-0.15, -0.1) is 0 Å². The Bertz CT molecular complexity index is 1860. The van der Waals surface area contributed by atoms with Crippen LogP contribution in [0.15, 0.2) is 6.07 Å². The molecule has 3 aromatic rings. The van der Waals surface area contributed by atoms with Gasteiger partial charge in [0.05, 0.1) is 28.8 Å². The fourth-order valence-corrected chi connectivity index (χ4v) is 8.07. The zero-order valence-electron chi connectivity index (χ0n) is 25.2. The summed E-state index contributed by atoms with van der Waals surface area (Å²) < 4.78 is 144. The highest BCUT2D eigenvalue weighted by Gasteiger charge is 2.79. The number of nitrogens with one attached hydrogen (secondary N) is 1. The molecule has 258 valence electrons. The van der Waals surface area contributed by atoms with Crippen LogP contribution in [0.2, 0.25) is 0 Å². The lowest BCUT2D eigenvalue weighted by atomic mass is 9.85. The molecule has 3 N–H and O–H groups in total. The van der Waals surface area contributed by atoms with Crippen LogP contribution in [0.25, 0.3) is 22.2 Å². The van der Waals surface area contributed by atoms with Gasteiger partial charge in [0, 0.05) is 37.2 Å². The number of nitrogens with zero attached hydrogens (tertiary/aromatic N) is 6. The van der Waals surface area contributed by atoms with Gasteiger partial charge >= 0.3 is 18.4 Å². The molecule has 8 rings (SSSR count). The van der Waals surface area contributed by atoms with Crippen LogP contribution in [0.5, 0.6) is 11.9 Å². The highest BCUT2D eigenvalue weighted by molar-refractivity contribution is 5.97. The Labute approximate surface area is 265 Å². The highest BCUT2D eigenvalue weighted by Crippen LogP contribution is 2.68. The molecule has 4 fully saturated rings. The lowest BCUT2D eigenvalue weighted by Crippen LogP contribution is -2.66. The van der Waals surface area contributed by atoms with E-state index in [9.17, 15) is 35.1 Å². The van der Waals surface area contributed by atoms with Crippen molar-refractivity contribution in [3.05, 3.63) is 23.1 Å². The van der Waals surface area contributed by atoms with E-state index in [1.54, 1.807) is 11.9 Å². The van der Waals surface area contributed by atoms with Crippen molar-refractivity contribution in [3.63, 3.8) is 0 Å². The number of rotatable bonds is 4. The van der Waals surface area contributed by atoms with E-state index in [0.29, 0.717) is 18.9 Å². The van der Waals surface area contributed by atoms with E-state index in [-0.39, 0.29) is 38.0 Å². The van der Waals surface area contributed by atoms with E-state index < -0.39 is 105 Å². The number of halogens is 9. The van der Waals surface area contributed by atoms with Crippen molar-refractivity contribution in [2.24, 2.45) is 5.41 Å². The van der Waals surface area contributed by atoms with E-state index in [2.05, 4.69) is 25.3 Å². The average Bonchev–Trinajstić information content (AvgIpc) is 3.40. The molecule has 0 unspecified atom stereocenters. The van der Waals surface area contributed by atoms with Crippen molar-refractivity contribution < 1.29 is 49.0 Å². The quantitative estimate of drug-likeness (QED) is 0.380. The molecule has 10 nitrogen and oxygen atoms in total. The predicted molar refractivity (Wildman–Crippen MR) is 150 cm³/mol. The Hall–Kier alpha value is -3.87. The number of likely N-dealkylation sites (tertiary alicyclic amines) is 1. The lowest BCUT2D eigenvalue weighted by Gasteiger charge is -2.46. The number of pyridine rings is 2. The van der Waals surface area contributed by atoms with Gasteiger partial charge in [0.1, 0.15) is 34.8 Å². The Morgan fingerprint density at radius 1 is 1.10 bits per heavy atom. The van der Waals surface area contributed by atoms with E-state index in [4.69, 9.17) is 15.2 Å². The van der Waals surface area contributed by atoms with Gasteiger partial charge in [0.2, 0.25) is 12.0 Å². The molecule has 1 spiro atoms. The summed E-state index contributed by atoms with van der Waals surface area (Å²) in [4.78, 5) is 19.0. The third kappa shape index (κ3) is 4.48. The predicted octanol–water partition coefficient (Wildman–Crippen LogP) is 4.49. The minimum Gasteiger partial charge on any atom is -0.462 e. The summed E-state index contributed by atoms with van der Waals surface area (Å²) in [5.74, 6) is -5.85. The second-order valence-electron chi connectivity index (χ2n) is 13.2. The van der Waals surface area contributed by atoms with Crippen LogP contribution in [0.1, 0.15) is 30.5 Å². The fourth-order valence-electron chi connectivity index (χ4n) is 8.07. The number of anilines is 2. The second-order valence-corrected chi connectivity index (χ2v) is 13.2. The largest absolute Gasteiger partial charge is 0.462 e. The summed E-state index contributed by atoms with van der Waals surface area (Å²) in [5, 5.41) is 2.75. The van der Waals surface area contributed by atoms with Crippen LogP contribution >= 0.6 is 0 Å². The average molecular weight is 691 g/mol. The van der Waals surface area contributed by atoms with Crippen molar-refractivity contribution in [2.45, 2.75) is 74.7 Å². The maximum Gasteiger partial charge on any atom is 0.427 e. The van der Waals surface area contributed by atoms with E-state index in [1.807, 2.05) is 0 Å². The standard InChI is InChI=1S/C29H27F9N8O2/c1-10-17(28(33,34)35)12(5-15(39)40-10)19-18(30)20-16-23(44-25(43-20)47-7-14-26(9-45(14)2)8-27(26,31)32)46-6-11-3-4-13(41-11)21(46)22(29(36,37)38)48-24(16)42-19/h5,11,13-14,21-22,41H,3-4,6-9H2,1-2H3,(H2,39,40)/t11-,13+,14+,21+,22-,26-/m1/s1. The van der Waals surface area contributed by atoms with Crippen molar-refractivity contribution in [3.8, 4) is 23.1 Å². The summed E-state index contributed by atoms with van der Waals surface area (Å²) in [6.45, 7) is 0.735. The number of nitrogens with two attached hydrogens (primary N) is 1. The monoisotopic (exact) mass is 690 g/mol. The number of fused-ring (bicyclic) bond motifs is 5. The first-order valence-corrected chi connectivity index (χ1v) is 15.1. The number of alkyl halides is 8. The Morgan fingerprint density at radius 2 is 1.83 bits per heavy atom. The van der Waals surface area contributed by atoms with Gasteiger partial charge in [-0.05, 0) is 32.9 Å². The lowest BCUT2D eigenvalue weighted by molar-refractivity contribution is -0.203. The molecule has 7 heterocycles. The molecule has 0 amide bonds. The number of ether oxygens (including phenoxy) is 2. The molecule has 3 saturated heterocycles. The number of aromatic nitrogens is 4. The minimum atomic E-state index is -5.10. The van der Waals surface area contributed by atoms with Crippen LogP contribution < -0.4 is 25.4 Å². The summed E-state index contributed by atoms with van der Waals surface area (Å²) in [6.07, 6.45) is -12.1. The molecule has 4 aliphatic heterocycles. The molecule has 48 heavy (non-hydrogen) atoms. The van der Waals surface area contributed by atoms with Gasteiger partial charge in [0.25, 0.3) is 5.92 Å². The first-order valence-electron chi connectivity index (χ1n) is 15.1. The number of hydrogen-bond donors (Lipinski definition) is 2. The van der Waals surface area contributed by atoms with Crippen LogP contribution in [-0.4, -0.2) is 94.0 Å². The Kier molecular flexibility index (Phi) is 6.45. The third-order valence-electron chi connectivity index (χ3n) is 10.3. The molecule has 19 heteroatoms. The number of likely N-dealkylation sites (N-methyl/N-ethyl adjacent to an activating group) is 1. The zero-order chi connectivity index (χ0) is 34.3. The summed E-state index contributed by atoms with van der Waals surface area (Å²) >= 11 is 0. The minimum absolute atomic E-state index is 0.00945. The van der Waals surface area contributed by atoms with Crippen molar-refractivity contribution >= 4 is 22.5 Å². The van der Waals surface area contributed by atoms with Crippen LogP contribution in [-0.2, 0) is 6.18 Å². The Balaban J connectivity index is 1.34. The number of piperazine rings is 1. The van der Waals surface area contributed by atoms with Gasteiger partial charge in [-0.2, -0.15) is 36.3 Å². The van der Waals surface area contributed by atoms with Gasteiger partial charge < -0.3 is 25.4 Å². The first kappa shape index (κ1) is 31.4. The van der Waals surface area contributed by atoms with Crippen LogP contribution in [0.4, 0.5) is 51.1 Å². The summed E-state index contributed by atoms with van der Waals surface area (Å²) in [5.41, 5.74) is -0.267. The topological polar surface area (TPSA) is 115 Å².